The zero-order valence-electron chi connectivity index (χ0n) is 12.0. The van der Waals surface area contributed by atoms with Gasteiger partial charge in [0.2, 0.25) is 5.91 Å². The van der Waals surface area contributed by atoms with E-state index in [0.29, 0.717) is 11.1 Å². The Morgan fingerprint density at radius 1 is 1.27 bits per heavy atom. The van der Waals surface area contributed by atoms with Crippen LogP contribution in [-0.4, -0.2) is 36.4 Å². The zero-order valence-corrected chi connectivity index (χ0v) is 13.6. The molecule has 8 heteroatoms. The maximum absolute atomic E-state index is 11.8. The molecule has 0 aliphatic carbocycles. The highest BCUT2D eigenvalue weighted by molar-refractivity contribution is 7.92. The fraction of sp³-hybridized carbons (Fsp3) is 0.286. The Kier molecular flexibility index (Phi) is 4.52. The molecule has 22 heavy (non-hydrogen) atoms. The molecule has 0 bridgehead atoms. The first-order valence-electron chi connectivity index (χ1n) is 6.47. The van der Waals surface area contributed by atoms with Gasteiger partial charge in [0.25, 0.3) is 0 Å². The summed E-state index contributed by atoms with van der Waals surface area (Å²) in [5.41, 5.74) is 0.436. The van der Waals surface area contributed by atoms with Crippen LogP contribution in [0.2, 0.25) is 0 Å². The molecule has 1 amide bonds. The second-order valence-electron chi connectivity index (χ2n) is 5.07. The molecule has 0 spiro atoms. The van der Waals surface area contributed by atoms with Crippen LogP contribution in [0.15, 0.2) is 24.3 Å². The normalized spacial score (nSPS) is 11.8. The van der Waals surface area contributed by atoms with Crippen LogP contribution < -0.4 is 5.32 Å². The first kappa shape index (κ1) is 16.4. The van der Waals surface area contributed by atoms with E-state index in [1.807, 2.05) is 0 Å². The Hall–Kier alpha value is -1.93. The van der Waals surface area contributed by atoms with Crippen LogP contribution in [0.25, 0.3) is 10.1 Å². The quantitative estimate of drug-likeness (QED) is 0.869. The second kappa shape index (κ2) is 6.05. The summed E-state index contributed by atoms with van der Waals surface area (Å²) < 4.78 is 24.2. The summed E-state index contributed by atoms with van der Waals surface area (Å²) in [6, 6.07) is 6.45. The second-order valence-corrected chi connectivity index (χ2v) is 8.71. The van der Waals surface area contributed by atoms with E-state index in [2.05, 4.69) is 5.32 Å². The van der Waals surface area contributed by atoms with E-state index in [0.717, 1.165) is 16.0 Å². The third-order valence-electron chi connectivity index (χ3n) is 3.06. The SMILES string of the molecule is CC(C)S(=O)(=O)CC(=O)Nc1ccc2sc(C(=O)O)cc2c1. The number of amides is 1. The topological polar surface area (TPSA) is 101 Å². The number of fused-ring (bicyclic) bond motifs is 1. The van der Waals surface area contributed by atoms with Crippen LogP contribution in [0, 0.1) is 0 Å². The Morgan fingerprint density at radius 2 is 1.95 bits per heavy atom. The Morgan fingerprint density at radius 3 is 2.55 bits per heavy atom. The molecular weight excluding hydrogens is 326 g/mol. The number of sulfone groups is 1. The number of hydrogen-bond donors (Lipinski definition) is 2. The van der Waals surface area contributed by atoms with Gasteiger partial charge < -0.3 is 10.4 Å². The number of carboxylic acid groups (broad SMARTS) is 1. The molecule has 1 aromatic heterocycles. The molecule has 118 valence electrons. The standard InChI is InChI=1S/C14H15NO5S2/c1-8(2)22(19,20)7-13(16)15-10-3-4-11-9(5-10)6-12(21-11)14(17)18/h3-6,8H,7H2,1-2H3,(H,15,16)(H,17,18). The van der Waals surface area contributed by atoms with Crippen molar-refractivity contribution < 1.29 is 23.1 Å². The number of rotatable bonds is 5. The van der Waals surface area contributed by atoms with Gasteiger partial charge >= 0.3 is 5.97 Å². The fourth-order valence-electron chi connectivity index (χ4n) is 1.77. The van der Waals surface area contributed by atoms with Gasteiger partial charge in [-0.2, -0.15) is 0 Å². The molecule has 0 saturated carbocycles. The third kappa shape index (κ3) is 3.63. The van der Waals surface area contributed by atoms with Crippen molar-refractivity contribution in [3.63, 3.8) is 0 Å². The van der Waals surface area contributed by atoms with Crippen molar-refractivity contribution in [2.45, 2.75) is 19.1 Å². The molecule has 1 aromatic carbocycles. The monoisotopic (exact) mass is 341 g/mol. The van der Waals surface area contributed by atoms with Crippen molar-refractivity contribution >= 4 is 48.8 Å². The summed E-state index contributed by atoms with van der Waals surface area (Å²) in [7, 11) is -3.45. The molecule has 0 aliphatic rings. The average molecular weight is 341 g/mol. The minimum Gasteiger partial charge on any atom is -0.477 e. The van der Waals surface area contributed by atoms with Crippen molar-refractivity contribution in [2.24, 2.45) is 0 Å². The van der Waals surface area contributed by atoms with Gasteiger partial charge in [0.1, 0.15) is 10.6 Å². The van der Waals surface area contributed by atoms with Crippen molar-refractivity contribution in [2.75, 3.05) is 11.1 Å². The Balaban J connectivity index is 2.18. The van der Waals surface area contributed by atoms with E-state index < -0.39 is 32.7 Å². The first-order chi connectivity index (χ1) is 10.2. The number of hydrogen-bond acceptors (Lipinski definition) is 5. The predicted octanol–water partition coefficient (Wildman–Crippen LogP) is 2.36. The lowest BCUT2D eigenvalue weighted by Crippen LogP contribution is -2.27. The largest absolute Gasteiger partial charge is 0.477 e. The van der Waals surface area contributed by atoms with E-state index in [4.69, 9.17) is 5.11 Å². The highest BCUT2D eigenvalue weighted by Crippen LogP contribution is 2.28. The Bertz CT molecular complexity index is 836. The Labute approximate surface area is 131 Å². The van der Waals surface area contributed by atoms with Crippen LogP contribution in [0.3, 0.4) is 0 Å². The third-order valence-corrected chi connectivity index (χ3v) is 6.27. The highest BCUT2D eigenvalue weighted by Gasteiger charge is 2.20. The van der Waals surface area contributed by atoms with Crippen LogP contribution in [0.1, 0.15) is 23.5 Å². The van der Waals surface area contributed by atoms with Crippen molar-refractivity contribution in [3.8, 4) is 0 Å². The summed E-state index contributed by atoms with van der Waals surface area (Å²) >= 11 is 1.14. The molecule has 2 aromatic rings. The minimum atomic E-state index is -3.45. The summed E-state index contributed by atoms with van der Waals surface area (Å²) in [5, 5.41) is 11.5. The molecule has 0 unspecified atom stereocenters. The smallest absolute Gasteiger partial charge is 0.345 e. The molecule has 0 saturated heterocycles. The lowest BCUT2D eigenvalue weighted by Gasteiger charge is -2.08. The lowest BCUT2D eigenvalue weighted by molar-refractivity contribution is -0.113. The van der Waals surface area contributed by atoms with E-state index in [1.54, 1.807) is 18.2 Å². The summed E-state index contributed by atoms with van der Waals surface area (Å²) in [5.74, 6) is -2.19. The first-order valence-corrected chi connectivity index (χ1v) is 9.00. The van der Waals surface area contributed by atoms with Gasteiger partial charge in [-0.05, 0) is 43.5 Å². The van der Waals surface area contributed by atoms with Gasteiger partial charge in [-0.15, -0.1) is 11.3 Å². The molecule has 0 radical (unpaired) electrons. The number of thiophene rings is 1. The van der Waals surface area contributed by atoms with Crippen molar-refractivity contribution in [1.29, 1.82) is 0 Å². The zero-order chi connectivity index (χ0) is 16.5. The van der Waals surface area contributed by atoms with Gasteiger partial charge in [-0.3, -0.25) is 4.79 Å². The summed E-state index contributed by atoms with van der Waals surface area (Å²) in [6.45, 7) is 3.04. The van der Waals surface area contributed by atoms with Crippen LogP contribution in [0.4, 0.5) is 5.69 Å². The average Bonchev–Trinajstić information content (AvgIpc) is 2.80. The summed E-state index contributed by atoms with van der Waals surface area (Å²) in [6.07, 6.45) is 0. The fourth-order valence-corrected chi connectivity index (χ4v) is 3.43. The molecule has 0 atom stereocenters. The van der Waals surface area contributed by atoms with Gasteiger partial charge in [-0.1, -0.05) is 0 Å². The molecule has 0 fully saturated rings. The highest BCUT2D eigenvalue weighted by atomic mass is 32.2. The molecule has 1 heterocycles. The predicted molar refractivity (Wildman–Crippen MR) is 86.3 cm³/mol. The van der Waals surface area contributed by atoms with Crippen LogP contribution >= 0.6 is 11.3 Å². The van der Waals surface area contributed by atoms with Gasteiger partial charge in [-0.25, -0.2) is 13.2 Å². The number of carbonyl (C=O) groups is 2. The van der Waals surface area contributed by atoms with E-state index >= 15 is 0 Å². The molecule has 6 nitrogen and oxygen atoms in total. The maximum Gasteiger partial charge on any atom is 0.345 e. The van der Waals surface area contributed by atoms with E-state index in [-0.39, 0.29) is 4.88 Å². The molecule has 2 rings (SSSR count). The van der Waals surface area contributed by atoms with E-state index in [9.17, 15) is 18.0 Å². The molecular formula is C14H15NO5S2. The number of carbonyl (C=O) groups excluding carboxylic acids is 1. The van der Waals surface area contributed by atoms with Crippen molar-refractivity contribution in [1.82, 2.24) is 0 Å². The number of aromatic carboxylic acids is 1. The maximum atomic E-state index is 11.8. The van der Waals surface area contributed by atoms with Crippen LogP contribution in [0.5, 0.6) is 0 Å². The van der Waals surface area contributed by atoms with Gasteiger partial charge in [0.15, 0.2) is 9.84 Å². The number of carboxylic acids is 1. The molecule has 0 aliphatic heterocycles. The number of benzene rings is 1. The van der Waals surface area contributed by atoms with E-state index in [1.165, 1.54) is 19.9 Å². The number of nitrogens with one attached hydrogen (secondary N) is 1. The minimum absolute atomic E-state index is 0.209. The summed E-state index contributed by atoms with van der Waals surface area (Å²) in [4.78, 5) is 22.9. The molecule has 2 N–H and O–H groups in total. The van der Waals surface area contributed by atoms with Crippen molar-refractivity contribution in [3.05, 3.63) is 29.1 Å². The van der Waals surface area contributed by atoms with Gasteiger partial charge in [0.05, 0.1) is 5.25 Å². The number of anilines is 1. The van der Waals surface area contributed by atoms with Gasteiger partial charge in [0, 0.05) is 10.4 Å². The lowest BCUT2D eigenvalue weighted by atomic mass is 10.2. The van der Waals surface area contributed by atoms with Crippen LogP contribution in [-0.2, 0) is 14.6 Å².